The van der Waals surface area contributed by atoms with Crippen molar-refractivity contribution in [3.05, 3.63) is 22.8 Å². The van der Waals surface area contributed by atoms with E-state index in [9.17, 15) is 9.59 Å². The van der Waals surface area contributed by atoms with Crippen LogP contribution < -0.4 is 0 Å². The molecule has 0 unspecified atom stereocenters. The fourth-order valence-corrected chi connectivity index (χ4v) is 4.30. The SMILES string of the molecule is COCO[C@H]1C[C@@H](C)[C@@](C)(CCC(C)=O)C2=C1[C@@H](/C=C(\C)CCC=O)OC2. The highest BCUT2D eigenvalue weighted by atomic mass is 16.7. The number of ether oxygens (including phenoxy) is 3. The van der Waals surface area contributed by atoms with Crippen molar-refractivity contribution in [3.8, 4) is 0 Å². The summed E-state index contributed by atoms with van der Waals surface area (Å²) in [4.78, 5) is 22.3. The molecule has 0 amide bonds. The Hall–Kier alpha value is -1.30. The standard InChI is InChI=1S/C22H34O5/c1-15(7-6-10-23)11-19-21-18(13-26-19)22(4,9-8-17(3)24)16(2)12-20(21)27-14-25-5/h10-11,16,19-20H,6-9,12-14H2,1-5H3/b15-11+/t16-,19-,20+,22-/m1/s1. The molecule has 4 atom stereocenters. The largest absolute Gasteiger partial charge is 0.365 e. The molecule has 5 heteroatoms. The van der Waals surface area contributed by atoms with Crippen LogP contribution in [0.4, 0.5) is 0 Å². The first-order valence-corrected chi connectivity index (χ1v) is 9.89. The number of rotatable bonds is 10. The highest BCUT2D eigenvalue weighted by molar-refractivity contribution is 5.75. The van der Waals surface area contributed by atoms with Gasteiger partial charge in [-0.2, -0.15) is 0 Å². The molecule has 0 spiro atoms. The summed E-state index contributed by atoms with van der Waals surface area (Å²) < 4.78 is 17.3. The quantitative estimate of drug-likeness (QED) is 0.326. The van der Waals surface area contributed by atoms with Crippen LogP contribution in [0.15, 0.2) is 22.8 Å². The van der Waals surface area contributed by atoms with Crippen molar-refractivity contribution in [2.24, 2.45) is 11.3 Å². The second-order valence-electron chi connectivity index (χ2n) is 8.20. The minimum absolute atomic E-state index is 0.0389. The Labute approximate surface area is 163 Å². The van der Waals surface area contributed by atoms with Crippen LogP contribution in [-0.2, 0) is 23.8 Å². The average molecular weight is 379 g/mol. The summed E-state index contributed by atoms with van der Waals surface area (Å²) in [6, 6.07) is 0. The smallest absolute Gasteiger partial charge is 0.147 e. The van der Waals surface area contributed by atoms with Crippen LogP contribution >= 0.6 is 0 Å². The van der Waals surface area contributed by atoms with E-state index in [4.69, 9.17) is 14.2 Å². The minimum Gasteiger partial charge on any atom is -0.365 e. The molecule has 0 saturated heterocycles. The van der Waals surface area contributed by atoms with E-state index in [1.165, 1.54) is 11.1 Å². The average Bonchev–Trinajstić information content (AvgIpc) is 3.05. The fourth-order valence-electron chi connectivity index (χ4n) is 4.30. The molecule has 27 heavy (non-hydrogen) atoms. The molecular weight excluding hydrogens is 344 g/mol. The lowest BCUT2D eigenvalue weighted by molar-refractivity contribution is -0.117. The molecule has 152 valence electrons. The van der Waals surface area contributed by atoms with Gasteiger partial charge in [-0.15, -0.1) is 0 Å². The monoisotopic (exact) mass is 378 g/mol. The molecule has 1 aliphatic heterocycles. The van der Waals surface area contributed by atoms with Crippen LogP contribution in [0, 0.1) is 11.3 Å². The number of methoxy groups -OCH3 is 1. The molecule has 2 aliphatic rings. The maximum absolute atomic E-state index is 11.6. The third-order valence-corrected chi connectivity index (χ3v) is 6.23. The lowest BCUT2D eigenvalue weighted by Gasteiger charge is -2.44. The number of aldehydes is 1. The van der Waals surface area contributed by atoms with Gasteiger partial charge in [-0.05, 0) is 55.6 Å². The van der Waals surface area contributed by atoms with Crippen molar-refractivity contribution in [2.75, 3.05) is 20.5 Å². The van der Waals surface area contributed by atoms with Gasteiger partial charge in [0.1, 0.15) is 25.0 Å². The first kappa shape index (κ1) is 22.0. The van der Waals surface area contributed by atoms with Crippen molar-refractivity contribution in [1.29, 1.82) is 0 Å². The maximum Gasteiger partial charge on any atom is 0.147 e. The molecule has 0 saturated carbocycles. The third kappa shape index (κ3) is 5.15. The van der Waals surface area contributed by atoms with E-state index in [-0.39, 0.29) is 30.2 Å². The van der Waals surface area contributed by atoms with Crippen LogP contribution in [0.5, 0.6) is 0 Å². The highest BCUT2D eigenvalue weighted by Crippen LogP contribution is 2.52. The van der Waals surface area contributed by atoms with Gasteiger partial charge in [0.2, 0.25) is 0 Å². The van der Waals surface area contributed by atoms with Gasteiger partial charge >= 0.3 is 0 Å². The zero-order valence-corrected chi connectivity index (χ0v) is 17.4. The number of hydrogen-bond donors (Lipinski definition) is 0. The second-order valence-corrected chi connectivity index (χ2v) is 8.20. The van der Waals surface area contributed by atoms with Crippen molar-refractivity contribution in [3.63, 3.8) is 0 Å². The van der Waals surface area contributed by atoms with Gasteiger partial charge < -0.3 is 23.8 Å². The molecule has 0 fully saturated rings. The van der Waals surface area contributed by atoms with Gasteiger partial charge in [0.15, 0.2) is 0 Å². The molecule has 0 radical (unpaired) electrons. The van der Waals surface area contributed by atoms with Crippen LogP contribution in [-0.4, -0.2) is 44.8 Å². The van der Waals surface area contributed by atoms with Crippen LogP contribution in [0.2, 0.25) is 0 Å². The molecule has 0 bridgehead atoms. The Morgan fingerprint density at radius 1 is 1.33 bits per heavy atom. The van der Waals surface area contributed by atoms with Gasteiger partial charge in [0.05, 0.1) is 12.7 Å². The van der Waals surface area contributed by atoms with E-state index in [1.54, 1.807) is 14.0 Å². The predicted molar refractivity (Wildman–Crippen MR) is 104 cm³/mol. The number of ketones is 1. The molecule has 5 nitrogen and oxygen atoms in total. The van der Waals surface area contributed by atoms with Crippen LogP contribution in [0.1, 0.15) is 59.8 Å². The number of allylic oxidation sites excluding steroid dienone is 1. The topological polar surface area (TPSA) is 61.8 Å². The number of Topliss-reactive ketones (excluding diaryl/α,β-unsaturated/α-hetero) is 1. The molecule has 1 heterocycles. The summed E-state index contributed by atoms with van der Waals surface area (Å²) in [7, 11) is 1.63. The van der Waals surface area contributed by atoms with E-state index in [1.807, 2.05) is 6.92 Å². The van der Waals surface area contributed by atoms with Gasteiger partial charge in [0.25, 0.3) is 0 Å². The molecule has 0 aromatic carbocycles. The molecular formula is C22H34O5. The third-order valence-electron chi connectivity index (χ3n) is 6.23. The van der Waals surface area contributed by atoms with Gasteiger partial charge in [0, 0.05) is 20.0 Å². The van der Waals surface area contributed by atoms with Crippen molar-refractivity contribution in [2.45, 2.75) is 72.0 Å². The van der Waals surface area contributed by atoms with Crippen molar-refractivity contribution >= 4 is 12.1 Å². The fraction of sp³-hybridized carbons (Fsp3) is 0.727. The predicted octanol–water partition coefficient (Wildman–Crippen LogP) is 4.01. The Morgan fingerprint density at radius 3 is 2.70 bits per heavy atom. The number of carbonyl (C=O) groups is 2. The molecule has 0 aromatic rings. The first-order valence-electron chi connectivity index (χ1n) is 9.89. The Bertz CT molecular complexity index is 606. The lowest BCUT2D eigenvalue weighted by atomic mass is 9.62. The summed E-state index contributed by atoms with van der Waals surface area (Å²) in [5.41, 5.74) is 3.57. The molecule has 1 aliphatic carbocycles. The Kier molecular flexibility index (Phi) is 7.95. The van der Waals surface area contributed by atoms with E-state index < -0.39 is 0 Å². The molecule has 2 rings (SSSR count). The van der Waals surface area contributed by atoms with Crippen molar-refractivity contribution < 1.29 is 23.8 Å². The van der Waals surface area contributed by atoms with Crippen molar-refractivity contribution in [1.82, 2.24) is 0 Å². The number of hydrogen-bond acceptors (Lipinski definition) is 5. The highest BCUT2D eigenvalue weighted by Gasteiger charge is 2.48. The zero-order valence-electron chi connectivity index (χ0n) is 17.4. The van der Waals surface area contributed by atoms with Gasteiger partial charge in [-0.1, -0.05) is 25.5 Å². The van der Waals surface area contributed by atoms with Gasteiger partial charge in [-0.3, -0.25) is 0 Å². The zero-order chi connectivity index (χ0) is 20.0. The summed E-state index contributed by atoms with van der Waals surface area (Å²) in [5, 5.41) is 0. The van der Waals surface area contributed by atoms with E-state index in [0.29, 0.717) is 25.4 Å². The Balaban J connectivity index is 2.36. The van der Waals surface area contributed by atoms with Crippen LogP contribution in [0.25, 0.3) is 0 Å². The molecule has 0 N–H and O–H groups in total. The molecule has 0 aromatic heterocycles. The van der Waals surface area contributed by atoms with Crippen LogP contribution in [0.3, 0.4) is 0 Å². The maximum atomic E-state index is 11.6. The minimum atomic E-state index is -0.127. The summed E-state index contributed by atoms with van der Waals surface area (Å²) in [5.74, 6) is 0.614. The lowest BCUT2D eigenvalue weighted by Crippen LogP contribution is -2.40. The summed E-state index contributed by atoms with van der Waals surface area (Å²) in [6.45, 7) is 9.02. The second kappa shape index (κ2) is 9.76. The van der Waals surface area contributed by atoms with E-state index >= 15 is 0 Å². The number of carbonyl (C=O) groups excluding carboxylic acids is 2. The van der Waals surface area contributed by atoms with Gasteiger partial charge in [-0.25, -0.2) is 0 Å². The summed E-state index contributed by atoms with van der Waals surface area (Å²) in [6.07, 6.45) is 6.48. The van der Waals surface area contributed by atoms with E-state index in [0.717, 1.165) is 31.1 Å². The Morgan fingerprint density at radius 2 is 2.07 bits per heavy atom. The first-order chi connectivity index (χ1) is 12.8. The van der Waals surface area contributed by atoms with E-state index in [2.05, 4.69) is 19.9 Å². The normalized spacial score (nSPS) is 31.1. The summed E-state index contributed by atoms with van der Waals surface area (Å²) >= 11 is 0.